The predicted molar refractivity (Wildman–Crippen MR) is 34.5 cm³/mol. The van der Waals surface area contributed by atoms with Gasteiger partial charge in [-0.3, -0.25) is 8.42 Å². The second-order valence-electron chi connectivity index (χ2n) is 0.852. The topological polar surface area (TPSA) is 237 Å². The van der Waals surface area contributed by atoms with Gasteiger partial charge in [-0.05, 0) is 0 Å². The first-order chi connectivity index (χ1) is 5.13. The zero-order valence-electron chi connectivity index (χ0n) is 6.30. The fraction of sp³-hybridized carbons (Fsp3) is 0. The van der Waals surface area contributed by atoms with Crippen LogP contribution in [-0.4, -0.2) is 24.6 Å². The van der Waals surface area contributed by atoms with Crippen LogP contribution < -0.4 is 12.3 Å². The minimum absolute atomic E-state index is 0. The third kappa shape index (κ3) is 112. The average molecular weight is 329 g/mol. The Bertz CT molecular complexity index is 237. The van der Waals surface area contributed by atoms with Gasteiger partial charge in [0.1, 0.15) is 0 Å². The van der Waals surface area contributed by atoms with Crippen molar-refractivity contribution >= 4 is 10.4 Å². The van der Waals surface area contributed by atoms with Crippen molar-refractivity contribution in [3.8, 4) is 0 Å². The molecule has 0 heterocycles. The molecule has 0 aromatic rings. The van der Waals surface area contributed by atoms with Crippen LogP contribution in [0.2, 0.25) is 0 Å². The molecule has 0 aliphatic heterocycles. The Hall–Kier alpha value is -0.748. The number of hydrogen-bond acceptors (Lipinski definition) is 10. The SMILES string of the molecule is N.N.O=S(=O)([O-])[O-].O=[N+]([O-])[Pd][N+](=O)[O-]. The number of hydrogen-bond donors (Lipinski definition) is 2. The van der Waals surface area contributed by atoms with Crippen LogP contribution in [0.15, 0.2) is 0 Å². The summed E-state index contributed by atoms with van der Waals surface area (Å²) in [6, 6.07) is 0. The van der Waals surface area contributed by atoms with E-state index in [-0.39, 0.29) is 12.3 Å². The van der Waals surface area contributed by atoms with E-state index in [1.807, 2.05) is 0 Å². The molecule has 0 aliphatic carbocycles. The molecule has 12 nitrogen and oxygen atoms in total. The van der Waals surface area contributed by atoms with Crippen LogP contribution in [0.25, 0.3) is 0 Å². The predicted octanol–water partition coefficient (Wildman–Crippen LogP) is -1.56. The van der Waals surface area contributed by atoms with Gasteiger partial charge in [-0.15, -0.1) is 0 Å². The number of nitro groups is 2. The summed E-state index contributed by atoms with van der Waals surface area (Å²) in [7, 11) is -5.17. The van der Waals surface area contributed by atoms with Crippen LogP contribution in [0, 0.1) is 20.2 Å². The monoisotopic (exact) mass is 328 g/mol. The minimum atomic E-state index is -5.17. The van der Waals surface area contributed by atoms with E-state index < -0.39 is 36.0 Å². The molecule has 14 heavy (non-hydrogen) atoms. The van der Waals surface area contributed by atoms with Gasteiger partial charge in [0.2, 0.25) is 0 Å². The molecule has 92 valence electrons. The van der Waals surface area contributed by atoms with E-state index in [2.05, 4.69) is 0 Å². The third-order valence-electron chi connectivity index (χ3n) is 0.103. The number of nitrogens with zero attached hydrogens (tertiary/aromatic N) is 2. The van der Waals surface area contributed by atoms with E-state index in [0.717, 1.165) is 0 Å². The normalized spacial score (nSPS) is 8.43. The zero-order chi connectivity index (χ0) is 10.4. The molecule has 6 N–H and O–H groups in total. The molecular weight excluding hydrogens is 323 g/mol. The molecule has 0 saturated heterocycles. The van der Waals surface area contributed by atoms with E-state index >= 15 is 0 Å². The van der Waals surface area contributed by atoms with E-state index in [1.165, 1.54) is 0 Å². The van der Waals surface area contributed by atoms with Crippen molar-refractivity contribution in [3.63, 3.8) is 0 Å². The maximum atomic E-state index is 9.20. The summed E-state index contributed by atoms with van der Waals surface area (Å²) in [5.74, 6) is 0. The Morgan fingerprint density at radius 3 is 1.07 bits per heavy atom. The molecule has 14 heteroatoms. The summed E-state index contributed by atoms with van der Waals surface area (Å²) in [5, 5.41) is 18.4. The van der Waals surface area contributed by atoms with E-state index in [4.69, 9.17) is 17.5 Å². The molecule has 0 fully saturated rings. The first-order valence-electron chi connectivity index (χ1n) is 1.68. The van der Waals surface area contributed by atoms with Crippen molar-refractivity contribution in [2.75, 3.05) is 0 Å². The summed E-state index contributed by atoms with van der Waals surface area (Å²) in [5.41, 5.74) is 0. The first kappa shape index (κ1) is 23.2. The molecule has 0 aromatic heterocycles. The van der Waals surface area contributed by atoms with E-state index in [1.54, 1.807) is 0 Å². The van der Waals surface area contributed by atoms with Gasteiger partial charge < -0.3 is 21.4 Å². The van der Waals surface area contributed by atoms with Crippen LogP contribution in [0.5, 0.6) is 0 Å². The summed E-state index contributed by atoms with van der Waals surface area (Å²) < 4.78 is 32.2. The summed E-state index contributed by atoms with van der Waals surface area (Å²) in [4.78, 5) is 18.4. The van der Waals surface area contributed by atoms with Crippen molar-refractivity contribution in [2.45, 2.75) is 0 Å². The van der Waals surface area contributed by atoms with Gasteiger partial charge in [0.05, 0.1) is 0 Å². The van der Waals surface area contributed by atoms with Crippen molar-refractivity contribution in [3.05, 3.63) is 20.2 Å². The molecular formula is H6N4O8PdS-2. The van der Waals surface area contributed by atoms with Crippen LogP contribution in [0.1, 0.15) is 0 Å². The molecule has 0 bridgehead atoms. The fourth-order valence-corrected chi connectivity index (χ4v) is 0.249. The van der Waals surface area contributed by atoms with E-state index in [0.29, 0.717) is 0 Å². The Kier molecular flexibility index (Phi) is 17.2. The second kappa shape index (κ2) is 10.3. The van der Waals surface area contributed by atoms with Gasteiger partial charge in [-0.25, -0.2) is 0 Å². The molecule has 0 unspecified atom stereocenters. The second-order valence-corrected chi connectivity index (χ2v) is 3.11. The van der Waals surface area contributed by atoms with Crippen LogP contribution >= 0.6 is 0 Å². The molecule has 0 spiro atoms. The summed E-state index contributed by atoms with van der Waals surface area (Å²) >= 11 is -1.58. The molecule has 0 radical (unpaired) electrons. The maximum absolute atomic E-state index is 9.20. The van der Waals surface area contributed by atoms with Crippen molar-refractivity contribution < 1.29 is 43.1 Å². The standard InChI is InChI=1S/2NO2.2H3N.H2O4S.Pd/c2*2-1-3;;;1-5(2,3)4;/h;;2*1H3;(H2,1,2,3,4);/p-2. The Labute approximate surface area is 86.4 Å². The zero-order valence-corrected chi connectivity index (χ0v) is 8.67. The molecule has 0 saturated carbocycles. The Morgan fingerprint density at radius 1 is 0.929 bits per heavy atom. The van der Waals surface area contributed by atoms with Crippen LogP contribution in [0.3, 0.4) is 0 Å². The van der Waals surface area contributed by atoms with Crippen molar-refractivity contribution in [1.82, 2.24) is 12.3 Å². The number of rotatable bonds is 2. The van der Waals surface area contributed by atoms with Gasteiger partial charge in [-0.2, -0.15) is 0 Å². The van der Waals surface area contributed by atoms with Gasteiger partial charge in [0.15, 0.2) is 0 Å². The van der Waals surface area contributed by atoms with Gasteiger partial charge in [-0.1, -0.05) is 0 Å². The van der Waals surface area contributed by atoms with Crippen molar-refractivity contribution in [2.24, 2.45) is 0 Å². The van der Waals surface area contributed by atoms with Gasteiger partial charge in [0.25, 0.3) is 0 Å². The quantitative estimate of drug-likeness (QED) is 0.194. The molecule has 0 aliphatic rings. The molecule has 0 atom stereocenters. The van der Waals surface area contributed by atoms with Crippen molar-refractivity contribution in [1.29, 1.82) is 0 Å². The summed E-state index contributed by atoms with van der Waals surface area (Å²) in [6.45, 7) is 0. The molecule has 0 amide bonds. The van der Waals surface area contributed by atoms with Crippen LogP contribution in [0.4, 0.5) is 0 Å². The van der Waals surface area contributed by atoms with Gasteiger partial charge in [0, 0.05) is 10.4 Å². The summed E-state index contributed by atoms with van der Waals surface area (Å²) in [6.07, 6.45) is 0. The van der Waals surface area contributed by atoms with E-state index in [9.17, 15) is 20.2 Å². The Morgan fingerprint density at radius 2 is 1.07 bits per heavy atom. The average Bonchev–Trinajstić information content (AvgIpc) is 1.52. The van der Waals surface area contributed by atoms with Gasteiger partial charge >= 0.3 is 45.8 Å². The first-order valence-corrected chi connectivity index (χ1v) is 4.40. The Balaban J connectivity index is -0.0000000651. The van der Waals surface area contributed by atoms with Crippen LogP contribution in [-0.2, 0) is 28.9 Å². The molecule has 0 aromatic carbocycles. The third-order valence-corrected chi connectivity index (χ3v) is 0.611. The fourth-order valence-electron chi connectivity index (χ4n) is 0.0422. The molecule has 0 rings (SSSR count).